The highest BCUT2D eigenvalue weighted by molar-refractivity contribution is 6.32. The lowest BCUT2D eigenvalue weighted by molar-refractivity contribution is 0.0994. The van der Waals surface area contributed by atoms with E-state index in [4.69, 9.17) is 17.3 Å². The van der Waals surface area contributed by atoms with Gasteiger partial charge < -0.3 is 11.1 Å². The minimum Gasteiger partial charge on any atom is -0.364 e. The minimum atomic E-state index is -0.529. The third-order valence-electron chi connectivity index (χ3n) is 5.63. The van der Waals surface area contributed by atoms with Gasteiger partial charge in [-0.05, 0) is 48.7 Å². The Hall–Kier alpha value is -3.90. The molecule has 0 radical (unpaired) electrons. The summed E-state index contributed by atoms with van der Waals surface area (Å²) < 4.78 is 1.78. The fraction of sp³-hybridized carbons (Fsp3) is 0.0800. The zero-order valence-corrected chi connectivity index (χ0v) is 17.9. The number of halogens is 1. The van der Waals surface area contributed by atoms with E-state index in [1.54, 1.807) is 17.1 Å². The number of aryl methyl sites for hydroxylation is 1. The maximum Gasteiger partial charge on any atom is 0.269 e. The average molecular weight is 442 g/mol. The van der Waals surface area contributed by atoms with Crippen LogP contribution in [0.15, 0.2) is 73.6 Å². The van der Waals surface area contributed by atoms with Gasteiger partial charge in [0.2, 0.25) is 0 Å². The molecule has 7 heteroatoms. The Morgan fingerprint density at radius 2 is 1.88 bits per heavy atom. The van der Waals surface area contributed by atoms with Crippen LogP contribution < -0.4 is 11.1 Å². The fourth-order valence-corrected chi connectivity index (χ4v) is 4.38. The van der Waals surface area contributed by atoms with E-state index >= 15 is 0 Å². The van der Waals surface area contributed by atoms with E-state index in [0.29, 0.717) is 22.8 Å². The molecule has 4 aromatic rings. The maximum absolute atomic E-state index is 12.1. The van der Waals surface area contributed by atoms with Crippen molar-refractivity contribution in [3.63, 3.8) is 0 Å². The van der Waals surface area contributed by atoms with E-state index < -0.39 is 5.91 Å². The van der Waals surface area contributed by atoms with Crippen molar-refractivity contribution in [2.45, 2.75) is 12.8 Å². The topological polar surface area (TPSA) is 85.8 Å². The molecule has 0 fully saturated rings. The van der Waals surface area contributed by atoms with Gasteiger partial charge >= 0.3 is 0 Å². The van der Waals surface area contributed by atoms with Gasteiger partial charge in [-0.25, -0.2) is 4.68 Å². The summed E-state index contributed by atoms with van der Waals surface area (Å²) in [6, 6.07) is 17.4. The molecule has 3 N–H and O–H groups in total. The monoisotopic (exact) mass is 441 g/mol. The first-order valence-corrected chi connectivity index (χ1v) is 10.6. The second-order valence-electron chi connectivity index (χ2n) is 7.61. The maximum atomic E-state index is 12.1. The van der Waals surface area contributed by atoms with E-state index in [0.717, 1.165) is 40.2 Å². The molecule has 1 amide bonds. The lowest BCUT2D eigenvalue weighted by Gasteiger charge is -2.20. The van der Waals surface area contributed by atoms with Gasteiger partial charge in [0, 0.05) is 45.5 Å². The number of hydrogen-bond donors (Lipinski definition) is 2. The molecule has 0 unspecified atom stereocenters. The number of carbonyl (C=O) groups excluding carboxylic acids is 1. The summed E-state index contributed by atoms with van der Waals surface area (Å²) in [6.45, 7) is 4.15. The number of nitrogens with two attached hydrogens (primary N) is 1. The normalized spacial score (nSPS) is 12.0. The highest BCUT2D eigenvalue weighted by atomic mass is 35.5. The molecule has 0 atom stereocenters. The summed E-state index contributed by atoms with van der Waals surface area (Å²) in [7, 11) is 0. The number of benzene rings is 2. The van der Waals surface area contributed by atoms with Crippen molar-refractivity contribution in [2.75, 3.05) is 5.32 Å². The summed E-state index contributed by atoms with van der Waals surface area (Å²) in [5.41, 5.74) is 13.1. The van der Waals surface area contributed by atoms with Crippen LogP contribution in [0.25, 0.3) is 22.6 Å². The molecule has 2 aromatic heterocycles. The van der Waals surface area contributed by atoms with Gasteiger partial charge in [0.05, 0.1) is 11.4 Å². The minimum absolute atomic E-state index is 0.307. The summed E-state index contributed by atoms with van der Waals surface area (Å²) in [6.07, 6.45) is 4.90. The van der Waals surface area contributed by atoms with Crippen LogP contribution in [0.3, 0.4) is 0 Å². The molecule has 32 heavy (non-hydrogen) atoms. The number of primary amides is 1. The molecule has 5 rings (SSSR count). The highest BCUT2D eigenvalue weighted by Gasteiger charge is 2.28. The number of aromatic nitrogens is 3. The van der Waals surface area contributed by atoms with Gasteiger partial charge in [0.15, 0.2) is 5.69 Å². The van der Waals surface area contributed by atoms with Crippen LogP contribution in [0.1, 0.15) is 27.2 Å². The molecule has 2 heterocycles. The Kier molecular flexibility index (Phi) is 4.99. The van der Waals surface area contributed by atoms with Gasteiger partial charge in [0.25, 0.3) is 5.91 Å². The van der Waals surface area contributed by atoms with Gasteiger partial charge in [-0.1, -0.05) is 42.4 Å². The standard InChI is InChI=1S/C25H20ClN5O/c1-15(19-4-2-3-5-22(19)26)29-17-8-6-16-7-9-20-23(25(27)32)30-31(24(20)21(16)14-17)18-10-12-28-13-11-18/h2-6,8,10-14,29H,1,7,9H2,(H2,27,32). The Morgan fingerprint density at radius 1 is 1.09 bits per heavy atom. The third kappa shape index (κ3) is 3.44. The predicted octanol–water partition coefficient (Wildman–Crippen LogP) is 4.87. The average Bonchev–Trinajstić information content (AvgIpc) is 3.20. The largest absolute Gasteiger partial charge is 0.364 e. The van der Waals surface area contributed by atoms with Crippen LogP contribution in [0, 0.1) is 0 Å². The number of nitrogens with zero attached hydrogens (tertiary/aromatic N) is 3. The number of fused-ring (bicyclic) bond motifs is 3. The first-order valence-electron chi connectivity index (χ1n) is 10.2. The van der Waals surface area contributed by atoms with Crippen LogP contribution in [0.5, 0.6) is 0 Å². The number of hydrogen-bond acceptors (Lipinski definition) is 4. The SMILES string of the molecule is C=C(Nc1ccc2c(c1)-c1c(c(C(N)=O)nn1-c1ccncc1)CC2)c1ccccc1Cl. The van der Waals surface area contributed by atoms with Crippen molar-refractivity contribution < 1.29 is 4.79 Å². The second-order valence-corrected chi connectivity index (χ2v) is 8.02. The number of carbonyl (C=O) groups is 1. The fourth-order valence-electron chi connectivity index (χ4n) is 4.13. The zero-order valence-electron chi connectivity index (χ0n) is 17.2. The van der Waals surface area contributed by atoms with Crippen LogP contribution in [0.4, 0.5) is 5.69 Å². The van der Waals surface area contributed by atoms with E-state index in [1.165, 1.54) is 5.56 Å². The van der Waals surface area contributed by atoms with Gasteiger partial charge in [-0.3, -0.25) is 9.78 Å². The van der Waals surface area contributed by atoms with Crippen molar-refractivity contribution in [3.05, 3.63) is 101 Å². The van der Waals surface area contributed by atoms with Crippen LogP contribution in [-0.2, 0) is 12.8 Å². The number of pyridine rings is 1. The molecule has 0 aliphatic heterocycles. The number of amides is 1. The molecule has 0 saturated carbocycles. The Bertz CT molecular complexity index is 1360. The molecule has 2 aromatic carbocycles. The predicted molar refractivity (Wildman–Crippen MR) is 127 cm³/mol. The lowest BCUT2D eigenvalue weighted by atomic mass is 9.88. The van der Waals surface area contributed by atoms with Gasteiger partial charge in [-0.15, -0.1) is 0 Å². The molecule has 158 valence electrons. The Labute approximate surface area is 190 Å². The molecular formula is C25H20ClN5O. The molecule has 1 aliphatic carbocycles. The summed E-state index contributed by atoms with van der Waals surface area (Å²) in [4.78, 5) is 16.2. The van der Waals surface area contributed by atoms with Crippen LogP contribution >= 0.6 is 11.6 Å². The van der Waals surface area contributed by atoms with Crippen molar-refractivity contribution in [1.29, 1.82) is 0 Å². The second kappa shape index (κ2) is 7.98. The smallest absolute Gasteiger partial charge is 0.269 e. The molecule has 6 nitrogen and oxygen atoms in total. The highest BCUT2D eigenvalue weighted by Crippen LogP contribution is 2.38. The van der Waals surface area contributed by atoms with Crippen molar-refractivity contribution in [1.82, 2.24) is 14.8 Å². The van der Waals surface area contributed by atoms with Crippen molar-refractivity contribution in [2.24, 2.45) is 5.73 Å². The number of nitrogens with one attached hydrogen (secondary N) is 1. The van der Waals surface area contributed by atoms with Gasteiger partial charge in [0.1, 0.15) is 0 Å². The lowest BCUT2D eigenvalue weighted by Crippen LogP contribution is -2.15. The number of anilines is 1. The summed E-state index contributed by atoms with van der Waals surface area (Å²) >= 11 is 6.33. The quantitative estimate of drug-likeness (QED) is 0.462. The number of rotatable bonds is 5. The molecule has 0 bridgehead atoms. The van der Waals surface area contributed by atoms with E-state index in [1.807, 2.05) is 42.5 Å². The van der Waals surface area contributed by atoms with Gasteiger partial charge in [-0.2, -0.15) is 5.10 Å². The summed E-state index contributed by atoms with van der Waals surface area (Å²) in [5.74, 6) is -0.529. The first kappa shape index (κ1) is 20.0. The molecule has 0 saturated heterocycles. The van der Waals surface area contributed by atoms with Crippen LogP contribution in [-0.4, -0.2) is 20.7 Å². The summed E-state index contributed by atoms with van der Waals surface area (Å²) in [5, 5.41) is 8.56. The Balaban J connectivity index is 1.61. The molecular weight excluding hydrogens is 422 g/mol. The van der Waals surface area contributed by atoms with Crippen molar-refractivity contribution in [3.8, 4) is 16.9 Å². The Morgan fingerprint density at radius 3 is 2.62 bits per heavy atom. The van der Waals surface area contributed by atoms with E-state index in [9.17, 15) is 4.79 Å². The van der Waals surface area contributed by atoms with Crippen LogP contribution in [0.2, 0.25) is 5.02 Å². The molecule has 1 aliphatic rings. The van der Waals surface area contributed by atoms with Crippen molar-refractivity contribution >= 4 is 28.9 Å². The first-order chi connectivity index (χ1) is 15.5. The zero-order chi connectivity index (χ0) is 22.2. The van der Waals surface area contributed by atoms with E-state index in [-0.39, 0.29) is 0 Å². The van der Waals surface area contributed by atoms with E-state index in [2.05, 4.69) is 34.1 Å². The molecule has 0 spiro atoms. The third-order valence-corrected chi connectivity index (χ3v) is 5.96.